The number of carbonyl (C=O) groups excluding carboxylic acids is 1. The van der Waals surface area contributed by atoms with Gasteiger partial charge in [-0.1, -0.05) is 0 Å². The summed E-state index contributed by atoms with van der Waals surface area (Å²) in [5, 5.41) is 4.63. The first-order chi connectivity index (χ1) is 15.4. The Kier molecular flexibility index (Phi) is 5.27. The number of amides is 1. The Hall–Kier alpha value is -3.10. The third-order valence-corrected chi connectivity index (χ3v) is 6.39. The first-order valence-corrected chi connectivity index (χ1v) is 11.0. The van der Waals surface area contributed by atoms with Crippen molar-refractivity contribution < 1.29 is 18.0 Å². The fourth-order valence-electron chi connectivity index (χ4n) is 4.78. The molecule has 2 saturated heterocycles. The van der Waals surface area contributed by atoms with Gasteiger partial charge in [0.25, 0.3) is 5.91 Å². The van der Waals surface area contributed by atoms with Crippen molar-refractivity contribution in [3.63, 3.8) is 0 Å². The van der Waals surface area contributed by atoms with Crippen LogP contribution in [-0.4, -0.2) is 45.0 Å². The topological polar surface area (TPSA) is 53.7 Å². The van der Waals surface area contributed by atoms with Crippen LogP contribution in [0.5, 0.6) is 0 Å². The Morgan fingerprint density at radius 1 is 1.03 bits per heavy atom. The molecule has 0 unspecified atom stereocenters. The van der Waals surface area contributed by atoms with Crippen LogP contribution in [-0.2, 0) is 0 Å². The van der Waals surface area contributed by atoms with Gasteiger partial charge in [-0.25, -0.2) is 22.7 Å². The van der Waals surface area contributed by atoms with Gasteiger partial charge in [0.2, 0.25) is 0 Å². The summed E-state index contributed by atoms with van der Waals surface area (Å²) in [5.41, 5.74) is 1.43. The monoisotopic (exact) mass is 443 g/mol. The lowest BCUT2D eigenvalue weighted by Crippen LogP contribution is -2.39. The number of nitrogens with zero attached hydrogens (tertiary/aromatic N) is 5. The van der Waals surface area contributed by atoms with Crippen LogP contribution in [0.3, 0.4) is 0 Å². The number of carbonyl (C=O) groups is 1. The number of rotatable bonds is 3. The summed E-state index contributed by atoms with van der Waals surface area (Å²) in [6.07, 6.45) is 6.35. The van der Waals surface area contributed by atoms with Gasteiger partial charge in [0.1, 0.15) is 17.2 Å². The molecule has 0 spiro atoms. The van der Waals surface area contributed by atoms with E-state index in [9.17, 15) is 18.0 Å². The number of hydrogen-bond donors (Lipinski definition) is 0. The summed E-state index contributed by atoms with van der Waals surface area (Å²) in [5.74, 6) is -3.70. The molecule has 168 valence electrons. The molecule has 4 heterocycles. The average Bonchev–Trinajstić information content (AvgIpc) is 3.45. The van der Waals surface area contributed by atoms with Crippen LogP contribution < -0.4 is 4.90 Å². The summed E-state index contributed by atoms with van der Waals surface area (Å²) >= 11 is 0. The Morgan fingerprint density at radius 3 is 2.53 bits per heavy atom. The second-order valence-electron chi connectivity index (χ2n) is 8.54. The minimum atomic E-state index is -1.46. The number of fused-ring (bicyclic) bond motifs is 1. The van der Waals surface area contributed by atoms with Crippen LogP contribution in [0.1, 0.15) is 59.8 Å². The zero-order valence-corrected chi connectivity index (χ0v) is 17.8. The molecule has 2 aliphatic heterocycles. The summed E-state index contributed by atoms with van der Waals surface area (Å²) < 4.78 is 44.0. The maximum atomic E-state index is 14.3. The molecule has 1 amide bonds. The number of piperidine rings is 1. The average molecular weight is 443 g/mol. The minimum absolute atomic E-state index is 0.318. The summed E-state index contributed by atoms with van der Waals surface area (Å²) in [4.78, 5) is 21.6. The van der Waals surface area contributed by atoms with E-state index in [1.165, 1.54) is 4.90 Å². The van der Waals surface area contributed by atoms with E-state index in [0.717, 1.165) is 49.8 Å². The van der Waals surface area contributed by atoms with Gasteiger partial charge in [-0.15, -0.1) is 0 Å². The standard InChI is InChI=1S/C23H24F3N5O/c1-14-13-31-19(27-22(14)29-9-4-5-10-29)12-17(28-31)18-6-2-3-11-30(18)23(32)20-15(24)7-8-16(25)21(20)26/h7-8,12-13,18H,2-6,9-11H2,1H3/t18-/m0/s1. The molecule has 0 radical (unpaired) electrons. The minimum Gasteiger partial charge on any atom is -0.356 e. The van der Waals surface area contributed by atoms with Gasteiger partial charge in [0.15, 0.2) is 17.3 Å². The largest absolute Gasteiger partial charge is 0.356 e. The van der Waals surface area contributed by atoms with Crippen LogP contribution in [0.2, 0.25) is 0 Å². The molecule has 0 bridgehead atoms. The highest BCUT2D eigenvalue weighted by molar-refractivity contribution is 5.95. The van der Waals surface area contributed by atoms with E-state index in [4.69, 9.17) is 4.98 Å². The van der Waals surface area contributed by atoms with Crippen LogP contribution >= 0.6 is 0 Å². The predicted octanol–water partition coefficient (Wildman–Crippen LogP) is 4.42. The van der Waals surface area contributed by atoms with E-state index in [-0.39, 0.29) is 0 Å². The number of hydrogen-bond acceptors (Lipinski definition) is 4. The highest BCUT2D eigenvalue weighted by Gasteiger charge is 2.34. The number of halogens is 3. The van der Waals surface area contributed by atoms with Crippen molar-refractivity contribution in [3.05, 3.63) is 58.7 Å². The smallest absolute Gasteiger partial charge is 0.260 e. The van der Waals surface area contributed by atoms with Crippen LogP contribution in [0.25, 0.3) is 5.65 Å². The molecule has 1 aromatic carbocycles. The molecule has 1 atom stereocenters. The molecule has 2 fully saturated rings. The highest BCUT2D eigenvalue weighted by Crippen LogP contribution is 2.33. The Morgan fingerprint density at radius 2 is 1.75 bits per heavy atom. The number of aromatic nitrogens is 3. The predicted molar refractivity (Wildman–Crippen MR) is 113 cm³/mol. The number of benzene rings is 1. The first kappa shape index (κ1) is 20.8. The van der Waals surface area contributed by atoms with Gasteiger partial charge < -0.3 is 9.80 Å². The van der Waals surface area contributed by atoms with Gasteiger partial charge in [-0.3, -0.25) is 4.79 Å². The Balaban J connectivity index is 1.51. The molecule has 32 heavy (non-hydrogen) atoms. The molecule has 2 aliphatic rings. The second-order valence-corrected chi connectivity index (χ2v) is 8.54. The molecule has 9 heteroatoms. The molecular weight excluding hydrogens is 419 g/mol. The van der Waals surface area contributed by atoms with Gasteiger partial charge in [-0.05, 0) is 51.2 Å². The Bertz CT molecular complexity index is 1190. The van der Waals surface area contributed by atoms with Gasteiger partial charge in [-0.2, -0.15) is 5.10 Å². The zero-order valence-electron chi connectivity index (χ0n) is 17.8. The number of likely N-dealkylation sites (tertiary alicyclic amines) is 1. The van der Waals surface area contributed by atoms with Crippen LogP contribution in [0.15, 0.2) is 24.4 Å². The highest BCUT2D eigenvalue weighted by atomic mass is 19.2. The molecule has 5 rings (SSSR count). The molecule has 2 aromatic heterocycles. The third-order valence-electron chi connectivity index (χ3n) is 6.39. The SMILES string of the molecule is Cc1cn2nc([C@@H]3CCCCN3C(=O)c3c(F)ccc(F)c3F)cc2nc1N1CCCC1. The third kappa shape index (κ3) is 3.49. The van der Waals surface area contributed by atoms with Crippen molar-refractivity contribution in [1.29, 1.82) is 0 Å². The maximum Gasteiger partial charge on any atom is 0.260 e. The van der Waals surface area contributed by atoms with Crippen molar-refractivity contribution in [2.24, 2.45) is 0 Å². The molecule has 3 aromatic rings. The number of aryl methyl sites for hydroxylation is 1. The summed E-state index contributed by atoms with van der Waals surface area (Å²) in [6.45, 7) is 4.26. The maximum absolute atomic E-state index is 14.3. The second kappa shape index (κ2) is 8.11. The van der Waals surface area contributed by atoms with E-state index in [1.54, 1.807) is 4.52 Å². The lowest BCUT2D eigenvalue weighted by atomic mass is 9.98. The zero-order chi connectivity index (χ0) is 22.4. The lowest BCUT2D eigenvalue weighted by molar-refractivity contribution is 0.0594. The number of anilines is 1. The normalized spacial score (nSPS) is 19.2. The van der Waals surface area contributed by atoms with Gasteiger partial charge in [0, 0.05) is 37.5 Å². The van der Waals surface area contributed by atoms with E-state index in [2.05, 4.69) is 10.00 Å². The van der Waals surface area contributed by atoms with E-state index >= 15 is 0 Å². The Labute approximate surface area is 183 Å². The molecule has 6 nitrogen and oxygen atoms in total. The fourth-order valence-corrected chi connectivity index (χ4v) is 4.78. The summed E-state index contributed by atoms with van der Waals surface area (Å²) in [6, 6.07) is 2.83. The molecule has 0 aliphatic carbocycles. The molecule has 0 N–H and O–H groups in total. The first-order valence-electron chi connectivity index (χ1n) is 11.0. The lowest BCUT2D eigenvalue weighted by Gasteiger charge is -2.34. The van der Waals surface area contributed by atoms with Gasteiger partial charge >= 0.3 is 0 Å². The van der Waals surface area contributed by atoms with Crippen molar-refractivity contribution >= 4 is 17.4 Å². The van der Waals surface area contributed by atoms with Crippen LogP contribution in [0.4, 0.5) is 19.0 Å². The quantitative estimate of drug-likeness (QED) is 0.563. The van der Waals surface area contributed by atoms with Crippen molar-refractivity contribution in [1.82, 2.24) is 19.5 Å². The van der Waals surface area contributed by atoms with Crippen molar-refractivity contribution in [2.75, 3.05) is 24.5 Å². The molecular formula is C23H24F3N5O. The van der Waals surface area contributed by atoms with Gasteiger partial charge in [0.05, 0.1) is 11.7 Å². The fraction of sp³-hybridized carbons (Fsp3) is 0.435. The van der Waals surface area contributed by atoms with E-state index in [0.29, 0.717) is 36.8 Å². The van der Waals surface area contributed by atoms with Crippen molar-refractivity contribution in [2.45, 2.75) is 45.1 Å². The van der Waals surface area contributed by atoms with E-state index in [1.807, 2.05) is 19.2 Å². The molecule has 0 saturated carbocycles. The summed E-state index contributed by atoms with van der Waals surface area (Å²) in [7, 11) is 0. The van der Waals surface area contributed by atoms with E-state index < -0.39 is 35.0 Å². The van der Waals surface area contributed by atoms with Crippen LogP contribution in [0, 0.1) is 24.4 Å². The van der Waals surface area contributed by atoms with Crippen molar-refractivity contribution in [3.8, 4) is 0 Å².